The summed E-state index contributed by atoms with van der Waals surface area (Å²) in [6.45, 7) is 0. The van der Waals surface area contributed by atoms with E-state index in [-0.39, 0.29) is 17.1 Å². The Morgan fingerprint density at radius 2 is 1.82 bits per heavy atom. The van der Waals surface area contributed by atoms with Gasteiger partial charge < -0.3 is 11.1 Å². The van der Waals surface area contributed by atoms with Crippen LogP contribution in [0.5, 0.6) is 0 Å². The molecule has 5 N–H and O–H groups in total. The molecule has 0 atom stereocenters. The van der Waals surface area contributed by atoms with Crippen molar-refractivity contribution in [2.24, 2.45) is 0 Å². The van der Waals surface area contributed by atoms with E-state index in [9.17, 15) is 9.59 Å². The Labute approximate surface area is 124 Å². The quantitative estimate of drug-likeness (QED) is 0.572. The first-order valence-corrected chi connectivity index (χ1v) is 6.39. The number of anilines is 2. The Kier molecular flexibility index (Phi) is 3.40. The number of nitrogens with one attached hydrogen (secondary N) is 3. The molecule has 1 aromatic carbocycles. The molecule has 0 spiro atoms. The SMILES string of the molecule is Nc1nccnc1C(=O)Nc1ccc(-c2cc(=O)[nH][nH]2)cc1. The van der Waals surface area contributed by atoms with E-state index in [2.05, 4.69) is 25.5 Å². The third-order valence-corrected chi connectivity index (χ3v) is 2.99. The van der Waals surface area contributed by atoms with Gasteiger partial charge in [-0.3, -0.25) is 19.8 Å². The summed E-state index contributed by atoms with van der Waals surface area (Å²) in [5, 5.41) is 7.90. The van der Waals surface area contributed by atoms with Crippen LogP contribution in [-0.2, 0) is 0 Å². The first-order valence-electron chi connectivity index (χ1n) is 6.39. The van der Waals surface area contributed by atoms with Crippen LogP contribution in [0.25, 0.3) is 11.3 Å². The predicted octanol–water partition coefficient (Wildman–Crippen LogP) is 0.994. The number of nitrogens with two attached hydrogens (primary N) is 1. The fourth-order valence-corrected chi connectivity index (χ4v) is 1.93. The molecular formula is C14H12N6O2. The van der Waals surface area contributed by atoms with E-state index in [0.29, 0.717) is 11.4 Å². The highest BCUT2D eigenvalue weighted by atomic mass is 16.2. The number of aromatic nitrogens is 4. The Morgan fingerprint density at radius 3 is 2.45 bits per heavy atom. The summed E-state index contributed by atoms with van der Waals surface area (Å²) in [6.07, 6.45) is 2.81. The van der Waals surface area contributed by atoms with Crippen molar-refractivity contribution in [2.75, 3.05) is 11.1 Å². The number of carbonyl (C=O) groups excluding carboxylic acids is 1. The second-order valence-corrected chi connectivity index (χ2v) is 4.49. The number of nitrogen functional groups attached to an aromatic ring is 1. The molecule has 0 saturated heterocycles. The van der Waals surface area contributed by atoms with Crippen molar-refractivity contribution in [3.63, 3.8) is 0 Å². The normalized spacial score (nSPS) is 10.4. The lowest BCUT2D eigenvalue weighted by Crippen LogP contribution is -2.16. The van der Waals surface area contributed by atoms with Crippen molar-refractivity contribution in [2.45, 2.75) is 0 Å². The Morgan fingerprint density at radius 1 is 1.09 bits per heavy atom. The van der Waals surface area contributed by atoms with Gasteiger partial charge in [0, 0.05) is 24.1 Å². The Bertz CT molecular complexity index is 865. The monoisotopic (exact) mass is 296 g/mol. The summed E-state index contributed by atoms with van der Waals surface area (Å²) in [6, 6.07) is 8.42. The number of amides is 1. The number of hydrogen-bond donors (Lipinski definition) is 4. The largest absolute Gasteiger partial charge is 0.382 e. The first kappa shape index (κ1) is 13.6. The van der Waals surface area contributed by atoms with Gasteiger partial charge in [0.15, 0.2) is 11.5 Å². The Balaban J connectivity index is 1.78. The summed E-state index contributed by atoms with van der Waals surface area (Å²) in [5.41, 5.74) is 7.54. The van der Waals surface area contributed by atoms with Crippen LogP contribution in [0, 0.1) is 0 Å². The molecule has 0 aliphatic heterocycles. The minimum Gasteiger partial charge on any atom is -0.382 e. The fraction of sp³-hybridized carbons (Fsp3) is 0. The van der Waals surface area contributed by atoms with Gasteiger partial charge in [0.05, 0.1) is 5.69 Å². The van der Waals surface area contributed by atoms with E-state index < -0.39 is 5.91 Å². The van der Waals surface area contributed by atoms with Gasteiger partial charge in [-0.25, -0.2) is 9.97 Å². The second-order valence-electron chi connectivity index (χ2n) is 4.49. The number of H-pyrrole nitrogens is 2. The van der Waals surface area contributed by atoms with Crippen LogP contribution in [0.4, 0.5) is 11.5 Å². The van der Waals surface area contributed by atoms with Crippen molar-refractivity contribution in [3.05, 3.63) is 58.8 Å². The molecule has 0 bridgehead atoms. The smallest absolute Gasteiger partial charge is 0.278 e. The van der Waals surface area contributed by atoms with E-state index >= 15 is 0 Å². The van der Waals surface area contributed by atoms with E-state index in [1.807, 2.05) is 0 Å². The molecule has 22 heavy (non-hydrogen) atoms. The molecule has 3 aromatic rings. The maximum absolute atomic E-state index is 12.0. The summed E-state index contributed by atoms with van der Waals surface area (Å²) < 4.78 is 0. The molecule has 0 saturated carbocycles. The average Bonchev–Trinajstić information content (AvgIpc) is 2.95. The third-order valence-electron chi connectivity index (χ3n) is 2.99. The highest BCUT2D eigenvalue weighted by Crippen LogP contribution is 2.18. The standard InChI is InChI=1S/C14H12N6O2/c15-13-12(16-5-6-17-13)14(22)18-9-3-1-8(2-4-9)10-7-11(21)20-19-10/h1-7H,(H2,15,17)(H,18,22)(H2,19,20,21). The van der Waals surface area contributed by atoms with E-state index in [4.69, 9.17) is 5.73 Å². The van der Waals surface area contributed by atoms with Gasteiger partial charge in [0.2, 0.25) is 0 Å². The lowest BCUT2D eigenvalue weighted by atomic mass is 10.1. The molecule has 3 rings (SSSR count). The van der Waals surface area contributed by atoms with Crippen LogP contribution < -0.4 is 16.6 Å². The molecule has 0 aliphatic rings. The van der Waals surface area contributed by atoms with E-state index in [1.165, 1.54) is 18.5 Å². The number of nitrogens with zero attached hydrogens (tertiary/aromatic N) is 2. The number of rotatable bonds is 3. The third kappa shape index (κ3) is 2.70. The topological polar surface area (TPSA) is 130 Å². The van der Waals surface area contributed by atoms with Crippen molar-refractivity contribution in [3.8, 4) is 11.3 Å². The molecule has 110 valence electrons. The van der Waals surface area contributed by atoms with Crippen LogP contribution in [0.15, 0.2) is 47.5 Å². The van der Waals surface area contributed by atoms with Crippen molar-refractivity contribution >= 4 is 17.4 Å². The van der Waals surface area contributed by atoms with Crippen molar-refractivity contribution in [1.82, 2.24) is 20.2 Å². The second kappa shape index (κ2) is 5.52. The van der Waals surface area contributed by atoms with Crippen LogP contribution >= 0.6 is 0 Å². The molecule has 8 heteroatoms. The first-order chi connectivity index (χ1) is 10.6. The Hall–Kier alpha value is -3.42. The zero-order valence-corrected chi connectivity index (χ0v) is 11.3. The van der Waals surface area contributed by atoms with E-state index in [0.717, 1.165) is 5.56 Å². The summed E-state index contributed by atoms with van der Waals surface area (Å²) >= 11 is 0. The lowest BCUT2D eigenvalue weighted by Gasteiger charge is -2.06. The predicted molar refractivity (Wildman–Crippen MR) is 81.2 cm³/mol. The zero-order valence-electron chi connectivity index (χ0n) is 11.3. The zero-order chi connectivity index (χ0) is 15.5. The summed E-state index contributed by atoms with van der Waals surface area (Å²) in [4.78, 5) is 30.9. The van der Waals surface area contributed by atoms with Crippen LogP contribution in [0.3, 0.4) is 0 Å². The van der Waals surface area contributed by atoms with Gasteiger partial charge >= 0.3 is 0 Å². The molecule has 2 aromatic heterocycles. The molecule has 1 amide bonds. The molecule has 2 heterocycles. The molecule has 0 radical (unpaired) electrons. The maximum atomic E-state index is 12.0. The minimum absolute atomic E-state index is 0.0709. The molecule has 8 nitrogen and oxygen atoms in total. The van der Waals surface area contributed by atoms with Gasteiger partial charge in [0.25, 0.3) is 11.5 Å². The molecule has 0 unspecified atom stereocenters. The minimum atomic E-state index is -0.437. The lowest BCUT2D eigenvalue weighted by molar-refractivity contribution is 0.102. The van der Waals surface area contributed by atoms with Crippen LogP contribution in [0.1, 0.15) is 10.5 Å². The number of benzene rings is 1. The van der Waals surface area contributed by atoms with Gasteiger partial charge in [-0.1, -0.05) is 12.1 Å². The van der Waals surface area contributed by atoms with Gasteiger partial charge in [-0.05, 0) is 17.7 Å². The highest BCUT2D eigenvalue weighted by Gasteiger charge is 2.12. The molecule has 0 aliphatic carbocycles. The molecular weight excluding hydrogens is 284 g/mol. The van der Waals surface area contributed by atoms with Crippen LogP contribution in [0.2, 0.25) is 0 Å². The van der Waals surface area contributed by atoms with Crippen molar-refractivity contribution < 1.29 is 4.79 Å². The number of aromatic amines is 2. The highest BCUT2D eigenvalue weighted by molar-refractivity contribution is 6.05. The van der Waals surface area contributed by atoms with E-state index in [1.54, 1.807) is 24.3 Å². The van der Waals surface area contributed by atoms with Crippen molar-refractivity contribution in [1.29, 1.82) is 0 Å². The summed E-state index contributed by atoms with van der Waals surface area (Å²) in [7, 11) is 0. The van der Waals surface area contributed by atoms with Crippen LogP contribution in [-0.4, -0.2) is 26.1 Å². The van der Waals surface area contributed by atoms with Gasteiger partial charge in [0.1, 0.15) is 0 Å². The number of carbonyl (C=O) groups is 1. The fourth-order valence-electron chi connectivity index (χ4n) is 1.93. The average molecular weight is 296 g/mol. The van der Waals surface area contributed by atoms with Gasteiger partial charge in [-0.2, -0.15) is 0 Å². The number of hydrogen-bond acceptors (Lipinski definition) is 5. The van der Waals surface area contributed by atoms with Gasteiger partial charge in [-0.15, -0.1) is 0 Å². The maximum Gasteiger partial charge on any atom is 0.278 e. The molecule has 0 fully saturated rings. The summed E-state index contributed by atoms with van der Waals surface area (Å²) in [5.74, 6) is -0.366.